The quantitative estimate of drug-likeness (QED) is 0.830. The van der Waals surface area contributed by atoms with Gasteiger partial charge in [0.2, 0.25) is 11.8 Å². The fourth-order valence-electron chi connectivity index (χ4n) is 4.12. The lowest BCUT2D eigenvalue weighted by Gasteiger charge is -2.43. The average Bonchev–Trinajstić information content (AvgIpc) is 2.62. The van der Waals surface area contributed by atoms with Crippen LogP contribution in [0.3, 0.4) is 0 Å². The summed E-state index contributed by atoms with van der Waals surface area (Å²) in [7, 11) is 1.51. The highest BCUT2D eigenvalue weighted by Gasteiger charge is 2.49. The molecule has 1 aromatic carbocycles. The third kappa shape index (κ3) is 3.72. The van der Waals surface area contributed by atoms with Crippen molar-refractivity contribution in [3.63, 3.8) is 0 Å². The molecule has 0 bridgehead atoms. The molecule has 1 aliphatic heterocycles. The number of halogens is 2. The van der Waals surface area contributed by atoms with E-state index in [0.717, 1.165) is 18.6 Å². The third-order valence-corrected chi connectivity index (χ3v) is 5.98. The van der Waals surface area contributed by atoms with Crippen LogP contribution in [0.15, 0.2) is 18.2 Å². The van der Waals surface area contributed by atoms with Crippen LogP contribution in [0.2, 0.25) is 0 Å². The number of piperidine rings is 1. The second-order valence-electron chi connectivity index (χ2n) is 7.71. The average molecular weight is 394 g/mol. The maximum Gasteiger partial charge on any atom is 0.306 e. The summed E-state index contributed by atoms with van der Waals surface area (Å²) in [6.45, 7) is 0.534. The van der Waals surface area contributed by atoms with E-state index in [1.807, 2.05) is 0 Å². The molecule has 1 saturated heterocycles. The highest BCUT2D eigenvalue weighted by Crippen LogP contribution is 2.46. The Morgan fingerprint density at radius 2 is 1.86 bits per heavy atom. The molecule has 2 fully saturated rings. The number of carbonyl (C=O) groups excluding carboxylic acids is 2. The number of carboxylic acid groups (broad SMARTS) is 1. The van der Waals surface area contributed by atoms with Crippen molar-refractivity contribution >= 4 is 17.8 Å². The Kier molecular flexibility index (Phi) is 5.67. The van der Waals surface area contributed by atoms with Gasteiger partial charge in [0.25, 0.3) is 0 Å². The number of carboxylic acids is 1. The van der Waals surface area contributed by atoms with E-state index in [9.17, 15) is 23.2 Å². The summed E-state index contributed by atoms with van der Waals surface area (Å²) in [5.74, 6) is -3.34. The molecule has 2 aliphatic rings. The van der Waals surface area contributed by atoms with E-state index in [0.29, 0.717) is 38.8 Å². The number of hydrogen-bond donors (Lipinski definition) is 1. The molecule has 1 aliphatic carbocycles. The summed E-state index contributed by atoms with van der Waals surface area (Å²) in [4.78, 5) is 39.5. The number of likely N-dealkylation sites (N-methyl/N-ethyl adjacent to an activating group) is 1. The van der Waals surface area contributed by atoms with Crippen LogP contribution in [-0.4, -0.2) is 59.4 Å². The molecule has 0 radical (unpaired) electrons. The molecule has 2 amide bonds. The van der Waals surface area contributed by atoms with Gasteiger partial charge in [-0.3, -0.25) is 14.4 Å². The lowest BCUT2D eigenvalue weighted by atomic mass is 9.63. The normalized spacial score (nSPS) is 19.0. The smallest absolute Gasteiger partial charge is 0.306 e. The number of carbonyl (C=O) groups is 3. The largest absolute Gasteiger partial charge is 0.481 e. The van der Waals surface area contributed by atoms with Crippen LogP contribution in [0.4, 0.5) is 8.78 Å². The number of benzene rings is 1. The van der Waals surface area contributed by atoms with E-state index >= 15 is 0 Å². The van der Waals surface area contributed by atoms with Crippen molar-refractivity contribution in [2.45, 2.75) is 37.5 Å². The highest BCUT2D eigenvalue weighted by atomic mass is 19.1. The third-order valence-electron chi connectivity index (χ3n) is 5.98. The van der Waals surface area contributed by atoms with Gasteiger partial charge >= 0.3 is 5.97 Å². The van der Waals surface area contributed by atoms with Crippen molar-refractivity contribution in [3.05, 3.63) is 35.4 Å². The standard InChI is InChI=1S/C20H24F2N2O4/c1-23(12-17(25)24-9-5-13(6-10-24)18(26)27)19(28)20(7-2-8-20)15-4-3-14(21)11-16(15)22/h3-4,11,13H,2,5-10,12H2,1H3,(H,26,27). The molecule has 3 rings (SSSR count). The Balaban J connectivity index is 1.66. The van der Waals surface area contributed by atoms with Gasteiger partial charge in [-0.1, -0.05) is 12.5 Å². The fraction of sp³-hybridized carbons (Fsp3) is 0.550. The van der Waals surface area contributed by atoms with Crippen molar-refractivity contribution < 1.29 is 28.3 Å². The molecule has 0 aromatic heterocycles. The van der Waals surface area contributed by atoms with Crippen LogP contribution in [-0.2, 0) is 19.8 Å². The minimum absolute atomic E-state index is 0.152. The molecular weight excluding hydrogens is 370 g/mol. The molecule has 1 heterocycles. The van der Waals surface area contributed by atoms with Crippen molar-refractivity contribution in [3.8, 4) is 0 Å². The highest BCUT2D eigenvalue weighted by molar-refractivity contribution is 5.92. The molecule has 1 N–H and O–H groups in total. The summed E-state index contributed by atoms with van der Waals surface area (Å²) in [5.41, 5.74) is -0.880. The molecule has 1 saturated carbocycles. The minimum atomic E-state index is -1.05. The Hall–Kier alpha value is -2.51. The number of likely N-dealkylation sites (tertiary alicyclic amines) is 1. The zero-order valence-corrected chi connectivity index (χ0v) is 15.8. The summed E-state index contributed by atoms with van der Waals surface area (Å²) in [6.07, 6.45) is 2.45. The van der Waals surface area contributed by atoms with Crippen LogP contribution in [0.25, 0.3) is 0 Å². The lowest BCUT2D eigenvalue weighted by Crippen LogP contribution is -2.53. The van der Waals surface area contributed by atoms with Crippen LogP contribution in [0.1, 0.15) is 37.7 Å². The monoisotopic (exact) mass is 394 g/mol. The van der Waals surface area contributed by atoms with Gasteiger partial charge in [-0.2, -0.15) is 0 Å². The topological polar surface area (TPSA) is 77.9 Å². The molecule has 6 nitrogen and oxygen atoms in total. The molecule has 0 unspecified atom stereocenters. The van der Waals surface area contributed by atoms with Gasteiger partial charge in [0.05, 0.1) is 17.9 Å². The molecule has 152 valence electrons. The van der Waals surface area contributed by atoms with E-state index in [1.165, 1.54) is 18.0 Å². The maximum absolute atomic E-state index is 14.3. The Bertz CT molecular complexity index is 786. The lowest BCUT2D eigenvalue weighted by molar-refractivity contribution is -0.148. The molecule has 0 spiro atoms. The zero-order chi connectivity index (χ0) is 20.5. The summed E-state index contributed by atoms with van der Waals surface area (Å²) in [6, 6.07) is 3.23. The van der Waals surface area contributed by atoms with E-state index < -0.39 is 28.9 Å². The Labute approximate surface area is 162 Å². The molecule has 28 heavy (non-hydrogen) atoms. The molecule has 0 atom stereocenters. The van der Waals surface area contributed by atoms with Crippen molar-refractivity contribution in [2.24, 2.45) is 5.92 Å². The van der Waals surface area contributed by atoms with E-state index in [-0.39, 0.29) is 23.9 Å². The predicted octanol–water partition coefficient (Wildman–Crippen LogP) is 2.17. The van der Waals surface area contributed by atoms with Gasteiger partial charge in [-0.05, 0) is 31.7 Å². The van der Waals surface area contributed by atoms with Gasteiger partial charge < -0.3 is 14.9 Å². The number of aliphatic carboxylic acids is 1. The second kappa shape index (κ2) is 7.85. The number of amides is 2. The summed E-state index contributed by atoms with van der Waals surface area (Å²) < 4.78 is 27.6. The second-order valence-corrected chi connectivity index (χ2v) is 7.71. The Morgan fingerprint density at radius 3 is 2.36 bits per heavy atom. The number of nitrogens with zero attached hydrogens (tertiary/aromatic N) is 2. The first-order valence-electron chi connectivity index (χ1n) is 9.46. The van der Waals surface area contributed by atoms with Crippen molar-refractivity contribution in [2.75, 3.05) is 26.7 Å². The number of rotatable bonds is 5. The van der Waals surface area contributed by atoms with E-state index in [1.54, 1.807) is 4.90 Å². The Morgan fingerprint density at radius 1 is 1.21 bits per heavy atom. The first-order valence-corrected chi connectivity index (χ1v) is 9.46. The van der Waals surface area contributed by atoms with Crippen LogP contribution < -0.4 is 0 Å². The van der Waals surface area contributed by atoms with E-state index in [2.05, 4.69) is 0 Å². The van der Waals surface area contributed by atoms with Crippen LogP contribution >= 0.6 is 0 Å². The van der Waals surface area contributed by atoms with E-state index in [4.69, 9.17) is 5.11 Å². The fourth-order valence-corrected chi connectivity index (χ4v) is 4.12. The zero-order valence-electron chi connectivity index (χ0n) is 15.8. The first kappa shape index (κ1) is 20.2. The maximum atomic E-state index is 14.3. The predicted molar refractivity (Wildman–Crippen MR) is 96.5 cm³/mol. The summed E-state index contributed by atoms with van der Waals surface area (Å²) in [5, 5.41) is 9.04. The first-order chi connectivity index (χ1) is 13.2. The summed E-state index contributed by atoms with van der Waals surface area (Å²) >= 11 is 0. The van der Waals surface area contributed by atoms with Gasteiger partial charge in [-0.15, -0.1) is 0 Å². The van der Waals surface area contributed by atoms with Crippen molar-refractivity contribution in [1.29, 1.82) is 0 Å². The minimum Gasteiger partial charge on any atom is -0.481 e. The van der Waals surface area contributed by atoms with Crippen LogP contribution in [0, 0.1) is 17.6 Å². The van der Waals surface area contributed by atoms with Gasteiger partial charge in [0, 0.05) is 31.8 Å². The number of hydrogen-bond acceptors (Lipinski definition) is 3. The van der Waals surface area contributed by atoms with Crippen molar-refractivity contribution in [1.82, 2.24) is 9.80 Å². The van der Waals surface area contributed by atoms with Gasteiger partial charge in [0.1, 0.15) is 11.6 Å². The van der Waals surface area contributed by atoms with Gasteiger partial charge in [0.15, 0.2) is 0 Å². The van der Waals surface area contributed by atoms with Gasteiger partial charge in [-0.25, -0.2) is 8.78 Å². The SMILES string of the molecule is CN(CC(=O)N1CCC(C(=O)O)CC1)C(=O)C1(c2ccc(F)cc2F)CCC1. The molecule has 8 heteroatoms. The molecule has 1 aromatic rings. The van der Waals surface area contributed by atoms with Crippen LogP contribution in [0.5, 0.6) is 0 Å². The molecular formula is C20H24F2N2O4.